The first-order valence-corrected chi connectivity index (χ1v) is 5.89. The van der Waals surface area contributed by atoms with Gasteiger partial charge in [-0.2, -0.15) is 0 Å². The molecule has 5 heteroatoms. The molecule has 0 atom stereocenters. The third kappa shape index (κ3) is 2.42. The van der Waals surface area contributed by atoms with Crippen LogP contribution in [0.4, 0.5) is 10.1 Å². The predicted octanol–water partition coefficient (Wildman–Crippen LogP) is 2.66. The highest BCUT2D eigenvalue weighted by Crippen LogP contribution is 2.35. The molecule has 2 aromatic rings. The fraction of sp³-hybridized carbons (Fsp3) is 0.133. The molecule has 0 heterocycles. The van der Waals surface area contributed by atoms with Crippen LogP contribution in [-0.2, 0) is 0 Å². The van der Waals surface area contributed by atoms with Crippen LogP contribution in [0.1, 0.15) is 15.9 Å². The lowest BCUT2D eigenvalue weighted by atomic mass is 10.0. The molecule has 20 heavy (non-hydrogen) atoms. The van der Waals surface area contributed by atoms with Crippen molar-refractivity contribution in [3.8, 4) is 11.5 Å². The van der Waals surface area contributed by atoms with Crippen LogP contribution in [0.2, 0.25) is 0 Å². The van der Waals surface area contributed by atoms with Crippen molar-refractivity contribution in [2.75, 3.05) is 20.0 Å². The third-order valence-corrected chi connectivity index (χ3v) is 2.93. The Balaban J connectivity index is 2.49. The Morgan fingerprint density at radius 2 is 1.70 bits per heavy atom. The fourth-order valence-electron chi connectivity index (χ4n) is 1.91. The van der Waals surface area contributed by atoms with Gasteiger partial charge in [0.25, 0.3) is 0 Å². The van der Waals surface area contributed by atoms with Crippen molar-refractivity contribution in [2.45, 2.75) is 0 Å². The summed E-state index contributed by atoms with van der Waals surface area (Å²) in [7, 11) is 2.90. The first-order valence-electron chi connectivity index (χ1n) is 5.89. The molecule has 2 N–H and O–H groups in total. The van der Waals surface area contributed by atoms with Gasteiger partial charge in [0.15, 0.2) is 11.5 Å². The molecular weight excluding hydrogens is 261 g/mol. The second-order valence-corrected chi connectivity index (χ2v) is 4.10. The summed E-state index contributed by atoms with van der Waals surface area (Å²) in [6, 6.07) is 8.45. The van der Waals surface area contributed by atoms with Crippen LogP contribution in [0, 0.1) is 5.82 Å². The van der Waals surface area contributed by atoms with Crippen molar-refractivity contribution in [3.63, 3.8) is 0 Å². The zero-order valence-electron chi connectivity index (χ0n) is 11.1. The van der Waals surface area contributed by atoms with Crippen molar-refractivity contribution < 1.29 is 18.7 Å². The second kappa shape index (κ2) is 5.61. The molecule has 0 saturated heterocycles. The normalized spacial score (nSPS) is 10.2. The van der Waals surface area contributed by atoms with Crippen molar-refractivity contribution >= 4 is 11.5 Å². The van der Waals surface area contributed by atoms with E-state index in [1.165, 1.54) is 38.5 Å². The number of rotatable bonds is 4. The zero-order valence-corrected chi connectivity index (χ0v) is 11.1. The van der Waals surface area contributed by atoms with E-state index in [-0.39, 0.29) is 17.2 Å². The minimum atomic E-state index is -0.400. The molecule has 4 nitrogen and oxygen atoms in total. The van der Waals surface area contributed by atoms with Crippen LogP contribution in [0.3, 0.4) is 0 Å². The number of hydrogen-bond acceptors (Lipinski definition) is 4. The standard InChI is InChI=1S/C15H14FNO3/c1-19-12-8-7-11(15(20-2)13(12)17)14(18)9-3-5-10(16)6-4-9/h3-8H,17H2,1-2H3. The lowest BCUT2D eigenvalue weighted by molar-refractivity contribution is 0.103. The third-order valence-electron chi connectivity index (χ3n) is 2.93. The van der Waals surface area contributed by atoms with E-state index in [1.54, 1.807) is 12.1 Å². The van der Waals surface area contributed by atoms with E-state index in [0.717, 1.165) is 0 Å². The topological polar surface area (TPSA) is 61.5 Å². The van der Waals surface area contributed by atoms with Gasteiger partial charge >= 0.3 is 0 Å². The number of ketones is 1. The van der Waals surface area contributed by atoms with Crippen LogP contribution >= 0.6 is 0 Å². The van der Waals surface area contributed by atoms with E-state index in [1.807, 2.05) is 0 Å². The molecule has 0 unspecified atom stereocenters. The number of ether oxygens (including phenoxy) is 2. The number of benzene rings is 2. The second-order valence-electron chi connectivity index (χ2n) is 4.10. The summed E-state index contributed by atoms with van der Waals surface area (Å²) in [5.41, 5.74) is 6.79. The van der Waals surface area contributed by atoms with Crippen LogP contribution in [0.25, 0.3) is 0 Å². The minimum Gasteiger partial charge on any atom is -0.494 e. The van der Waals surface area contributed by atoms with Gasteiger partial charge in [-0.05, 0) is 36.4 Å². The summed E-state index contributed by atoms with van der Waals surface area (Å²) < 4.78 is 23.2. The van der Waals surface area contributed by atoms with Crippen LogP contribution < -0.4 is 15.2 Å². The Morgan fingerprint density at radius 3 is 2.25 bits per heavy atom. The molecule has 0 fully saturated rings. The zero-order chi connectivity index (χ0) is 14.7. The highest BCUT2D eigenvalue weighted by molar-refractivity contribution is 6.11. The lowest BCUT2D eigenvalue weighted by Crippen LogP contribution is -2.07. The average molecular weight is 275 g/mol. The van der Waals surface area contributed by atoms with Gasteiger partial charge in [0, 0.05) is 5.56 Å². The summed E-state index contributed by atoms with van der Waals surface area (Å²) in [5, 5.41) is 0. The number of nitrogens with two attached hydrogens (primary N) is 1. The van der Waals surface area contributed by atoms with E-state index >= 15 is 0 Å². The van der Waals surface area contributed by atoms with Crippen LogP contribution in [-0.4, -0.2) is 20.0 Å². The summed E-state index contributed by atoms with van der Waals surface area (Å²) in [4.78, 5) is 12.4. The smallest absolute Gasteiger partial charge is 0.196 e. The molecular formula is C15H14FNO3. The van der Waals surface area contributed by atoms with Crippen molar-refractivity contribution in [1.29, 1.82) is 0 Å². The number of nitrogen functional groups attached to an aromatic ring is 1. The summed E-state index contributed by atoms with van der Waals surface area (Å²) in [5.74, 6) is -0.0184. The SMILES string of the molecule is COc1ccc(C(=O)c2ccc(F)cc2)c(OC)c1N. The molecule has 0 amide bonds. The van der Waals surface area contributed by atoms with E-state index in [2.05, 4.69) is 0 Å². The van der Waals surface area contributed by atoms with Crippen molar-refractivity contribution in [3.05, 3.63) is 53.3 Å². The van der Waals surface area contributed by atoms with Gasteiger partial charge in [-0.15, -0.1) is 0 Å². The highest BCUT2D eigenvalue weighted by Gasteiger charge is 2.19. The summed E-state index contributed by atoms with van der Waals surface area (Å²) in [6.45, 7) is 0. The van der Waals surface area contributed by atoms with E-state index in [4.69, 9.17) is 15.2 Å². The molecule has 0 aliphatic heterocycles. The first-order chi connectivity index (χ1) is 9.58. The fourth-order valence-corrected chi connectivity index (χ4v) is 1.91. The predicted molar refractivity (Wildman–Crippen MR) is 73.8 cm³/mol. The van der Waals surface area contributed by atoms with E-state index in [0.29, 0.717) is 16.9 Å². The summed E-state index contributed by atoms with van der Waals surface area (Å²) >= 11 is 0. The molecule has 0 aromatic heterocycles. The maximum absolute atomic E-state index is 12.9. The van der Waals surface area contributed by atoms with Gasteiger partial charge in [0.05, 0.1) is 19.8 Å². The monoisotopic (exact) mass is 275 g/mol. The molecule has 0 spiro atoms. The molecule has 0 bridgehead atoms. The van der Waals surface area contributed by atoms with Crippen molar-refractivity contribution in [1.82, 2.24) is 0 Å². The largest absolute Gasteiger partial charge is 0.494 e. The first kappa shape index (κ1) is 13.9. The molecule has 0 aliphatic rings. The molecule has 2 aromatic carbocycles. The van der Waals surface area contributed by atoms with Gasteiger partial charge in [0.1, 0.15) is 17.3 Å². The van der Waals surface area contributed by atoms with E-state index in [9.17, 15) is 9.18 Å². The molecule has 2 rings (SSSR count). The Morgan fingerprint density at radius 1 is 1.05 bits per heavy atom. The molecule has 0 radical (unpaired) electrons. The maximum Gasteiger partial charge on any atom is 0.196 e. The summed E-state index contributed by atoms with van der Waals surface area (Å²) in [6.07, 6.45) is 0. The van der Waals surface area contributed by atoms with Crippen LogP contribution in [0.15, 0.2) is 36.4 Å². The van der Waals surface area contributed by atoms with Gasteiger partial charge in [0.2, 0.25) is 0 Å². The van der Waals surface area contributed by atoms with Gasteiger partial charge < -0.3 is 15.2 Å². The molecule has 0 aliphatic carbocycles. The Bertz CT molecular complexity index is 638. The molecule has 104 valence electrons. The van der Waals surface area contributed by atoms with Crippen LogP contribution in [0.5, 0.6) is 11.5 Å². The van der Waals surface area contributed by atoms with E-state index < -0.39 is 5.82 Å². The number of halogens is 1. The Kier molecular flexibility index (Phi) is 3.89. The molecule has 0 saturated carbocycles. The number of carbonyl (C=O) groups excluding carboxylic acids is 1. The van der Waals surface area contributed by atoms with Gasteiger partial charge in [-0.1, -0.05) is 0 Å². The number of carbonyl (C=O) groups is 1. The lowest BCUT2D eigenvalue weighted by Gasteiger charge is -2.13. The highest BCUT2D eigenvalue weighted by atomic mass is 19.1. The number of anilines is 1. The van der Waals surface area contributed by atoms with Gasteiger partial charge in [-0.25, -0.2) is 4.39 Å². The maximum atomic E-state index is 12.9. The minimum absolute atomic E-state index is 0.249. The Hall–Kier alpha value is -2.56. The Labute approximate surface area is 115 Å². The quantitative estimate of drug-likeness (QED) is 0.688. The number of methoxy groups -OCH3 is 2. The number of hydrogen-bond donors (Lipinski definition) is 1. The average Bonchev–Trinajstić information content (AvgIpc) is 2.47. The van der Waals surface area contributed by atoms with Gasteiger partial charge in [-0.3, -0.25) is 4.79 Å². The van der Waals surface area contributed by atoms with Crippen molar-refractivity contribution in [2.24, 2.45) is 0 Å².